The summed E-state index contributed by atoms with van der Waals surface area (Å²) in [7, 11) is 0. The van der Waals surface area contributed by atoms with Crippen molar-refractivity contribution in [2.75, 3.05) is 6.54 Å². The van der Waals surface area contributed by atoms with E-state index in [1.807, 2.05) is 31.2 Å². The van der Waals surface area contributed by atoms with Crippen LogP contribution < -0.4 is 11.3 Å². The summed E-state index contributed by atoms with van der Waals surface area (Å²) in [6.45, 7) is 2.66. The highest BCUT2D eigenvalue weighted by atomic mass is 16.1. The highest BCUT2D eigenvalue weighted by Crippen LogP contribution is 2.04. The Morgan fingerprint density at radius 2 is 2.05 bits per heavy atom. The van der Waals surface area contributed by atoms with E-state index in [2.05, 4.69) is 16.9 Å². The number of aromatic nitrogens is 2. The van der Waals surface area contributed by atoms with Gasteiger partial charge >= 0.3 is 0 Å². The molecular weight excluding hydrogens is 238 g/mol. The first-order valence-corrected chi connectivity index (χ1v) is 6.00. The van der Waals surface area contributed by atoms with Crippen LogP contribution in [0.4, 0.5) is 0 Å². The summed E-state index contributed by atoms with van der Waals surface area (Å²) in [6, 6.07) is 9.28. The zero-order valence-electron chi connectivity index (χ0n) is 10.8. The van der Waals surface area contributed by atoms with Crippen LogP contribution in [0.1, 0.15) is 16.7 Å². The first kappa shape index (κ1) is 13.1. The van der Waals surface area contributed by atoms with Crippen molar-refractivity contribution in [2.45, 2.75) is 13.5 Å². The molecular formula is C15H15N3O. The molecule has 0 fully saturated rings. The Morgan fingerprint density at radius 3 is 2.68 bits per heavy atom. The van der Waals surface area contributed by atoms with E-state index in [1.54, 1.807) is 12.3 Å². The minimum atomic E-state index is -0.0907. The van der Waals surface area contributed by atoms with Gasteiger partial charge in [-0.3, -0.25) is 4.79 Å². The molecule has 4 nitrogen and oxygen atoms in total. The quantitative estimate of drug-likeness (QED) is 0.809. The van der Waals surface area contributed by atoms with E-state index in [0.29, 0.717) is 13.1 Å². The fourth-order valence-electron chi connectivity index (χ4n) is 1.66. The first-order chi connectivity index (χ1) is 9.19. The monoisotopic (exact) mass is 253 g/mol. The second kappa shape index (κ2) is 5.98. The number of hydrogen-bond donors (Lipinski definition) is 1. The number of aryl methyl sites for hydroxylation is 1. The number of nitrogens with zero attached hydrogens (tertiary/aromatic N) is 2. The zero-order chi connectivity index (χ0) is 13.7. The van der Waals surface area contributed by atoms with Crippen LogP contribution in [0, 0.1) is 18.8 Å². The van der Waals surface area contributed by atoms with Crippen LogP contribution >= 0.6 is 0 Å². The SMILES string of the molecule is Cc1cnn(Cc2ccc(C#CCN)cc2)c(=O)c1. The largest absolute Gasteiger partial charge is 0.320 e. The molecule has 0 spiro atoms. The predicted octanol–water partition coefficient (Wildman–Crippen LogP) is 0.910. The van der Waals surface area contributed by atoms with Crippen LogP contribution in [0.25, 0.3) is 0 Å². The van der Waals surface area contributed by atoms with Crippen LogP contribution in [0.5, 0.6) is 0 Å². The highest BCUT2D eigenvalue weighted by molar-refractivity contribution is 5.36. The van der Waals surface area contributed by atoms with Gasteiger partial charge in [0.1, 0.15) is 0 Å². The molecule has 0 bridgehead atoms. The van der Waals surface area contributed by atoms with Gasteiger partial charge in [-0.2, -0.15) is 5.10 Å². The number of benzene rings is 1. The molecule has 96 valence electrons. The van der Waals surface area contributed by atoms with Gasteiger partial charge in [-0.05, 0) is 30.2 Å². The maximum absolute atomic E-state index is 11.7. The molecule has 0 saturated carbocycles. The standard InChI is InChI=1S/C15H15N3O/c1-12-9-15(19)18(17-10-12)11-14-6-4-13(5-7-14)3-2-8-16/h4-7,9-10H,8,11,16H2,1H3. The van der Waals surface area contributed by atoms with E-state index in [9.17, 15) is 4.79 Å². The second-order valence-corrected chi connectivity index (χ2v) is 4.23. The summed E-state index contributed by atoms with van der Waals surface area (Å²) in [4.78, 5) is 11.7. The van der Waals surface area contributed by atoms with Crippen LogP contribution in [0.2, 0.25) is 0 Å². The summed E-state index contributed by atoms with van der Waals surface area (Å²) in [6.07, 6.45) is 1.68. The van der Waals surface area contributed by atoms with Gasteiger partial charge in [0.25, 0.3) is 5.56 Å². The molecule has 19 heavy (non-hydrogen) atoms. The summed E-state index contributed by atoms with van der Waals surface area (Å²) in [5.74, 6) is 5.75. The van der Waals surface area contributed by atoms with Crippen LogP contribution in [-0.2, 0) is 6.54 Å². The zero-order valence-corrected chi connectivity index (χ0v) is 10.8. The maximum Gasteiger partial charge on any atom is 0.267 e. The molecule has 2 N–H and O–H groups in total. The Hall–Kier alpha value is -2.38. The van der Waals surface area contributed by atoms with Crippen LogP contribution in [0.15, 0.2) is 41.3 Å². The number of rotatable bonds is 2. The Balaban J connectivity index is 2.17. The molecule has 4 heteroatoms. The van der Waals surface area contributed by atoms with Gasteiger partial charge in [0.15, 0.2) is 0 Å². The summed E-state index contributed by atoms with van der Waals surface area (Å²) >= 11 is 0. The van der Waals surface area contributed by atoms with E-state index in [0.717, 1.165) is 16.7 Å². The van der Waals surface area contributed by atoms with E-state index >= 15 is 0 Å². The third kappa shape index (κ3) is 3.54. The molecule has 1 aromatic carbocycles. The van der Waals surface area contributed by atoms with E-state index in [-0.39, 0.29) is 5.56 Å². The first-order valence-electron chi connectivity index (χ1n) is 6.00. The van der Waals surface area contributed by atoms with E-state index in [1.165, 1.54) is 4.68 Å². The van der Waals surface area contributed by atoms with Gasteiger partial charge in [-0.1, -0.05) is 24.0 Å². The molecule has 1 aromatic heterocycles. The van der Waals surface area contributed by atoms with Gasteiger partial charge in [0.2, 0.25) is 0 Å². The van der Waals surface area contributed by atoms with Crippen molar-refractivity contribution < 1.29 is 0 Å². The average molecular weight is 253 g/mol. The lowest BCUT2D eigenvalue weighted by Crippen LogP contribution is -2.22. The van der Waals surface area contributed by atoms with Crippen molar-refractivity contribution >= 4 is 0 Å². The fourth-order valence-corrected chi connectivity index (χ4v) is 1.66. The van der Waals surface area contributed by atoms with Gasteiger partial charge in [-0.15, -0.1) is 0 Å². The van der Waals surface area contributed by atoms with Crippen molar-refractivity contribution in [1.29, 1.82) is 0 Å². The topological polar surface area (TPSA) is 60.9 Å². The summed E-state index contributed by atoms with van der Waals surface area (Å²) in [5, 5.41) is 4.10. The molecule has 0 amide bonds. The number of hydrogen-bond acceptors (Lipinski definition) is 3. The van der Waals surface area contributed by atoms with Crippen molar-refractivity contribution in [3.63, 3.8) is 0 Å². The normalized spacial score (nSPS) is 9.79. The smallest absolute Gasteiger partial charge is 0.267 e. The number of nitrogens with two attached hydrogens (primary N) is 1. The predicted molar refractivity (Wildman–Crippen MR) is 74.7 cm³/mol. The van der Waals surface area contributed by atoms with E-state index < -0.39 is 0 Å². The molecule has 0 aliphatic carbocycles. The molecule has 0 unspecified atom stereocenters. The lowest BCUT2D eigenvalue weighted by molar-refractivity contribution is 0.636. The molecule has 0 aliphatic rings. The van der Waals surface area contributed by atoms with Crippen molar-refractivity contribution in [3.8, 4) is 11.8 Å². The summed E-state index contributed by atoms with van der Waals surface area (Å²) < 4.78 is 1.44. The molecule has 0 saturated heterocycles. The molecule has 1 heterocycles. The third-order valence-corrected chi connectivity index (χ3v) is 2.63. The Labute approximate surface area is 111 Å². The Kier molecular flexibility index (Phi) is 4.11. The lowest BCUT2D eigenvalue weighted by Gasteiger charge is -2.04. The van der Waals surface area contributed by atoms with E-state index in [4.69, 9.17) is 5.73 Å². The maximum atomic E-state index is 11.7. The van der Waals surface area contributed by atoms with Gasteiger partial charge in [0.05, 0.1) is 19.3 Å². The van der Waals surface area contributed by atoms with Gasteiger partial charge in [0, 0.05) is 11.6 Å². The molecule has 0 aliphatic heterocycles. The van der Waals surface area contributed by atoms with Gasteiger partial charge in [-0.25, -0.2) is 4.68 Å². The molecule has 0 atom stereocenters. The Bertz CT molecular complexity index is 675. The lowest BCUT2D eigenvalue weighted by atomic mass is 10.1. The molecule has 2 aromatic rings. The highest BCUT2D eigenvalue weighted by Gasteiger charge is 1.99. The van der Waals surface area contributed by atoms with Crippen molar-refractivity contribution in [3.05, 3.63) is 63.6 Å². The second-order valence-electron chi connectivity index (χ2n) is 4.23. The molecule has 0 radical (unpaired) electrons. The Morgan fingerprint density at radius 1 is 1.32 bits per heavy atom. The minimum Gasteiger partial charge on any atom is -0.320 e. The van der Waals surface area contributed by atoms with Gasteiger partial charge < -0.3 is 5.73 Å². The fraction of sp³-hybridized carbons (Fsp3) is 0.200. The van der Waals surface area contributed by atoms with Crippen LogP contribution in [-0.4, -0.2) is 16.3 Å². The third-order valence-electron chi connectivity index (χ3n) is 2.63. The average Bonchev–Trinajstić information content (AvgIpc) is 2.41. The van der Waals surface area contributed by atoms with Crippen molar-refractivity contribution in [2.24, 2.45) is 5.73 Å². The van der Waals surface area contributed by atoms with Crippen LogP contribution in [0.3, 0.4) is 0 Å². The minimum absolute atomic E-state index is 0.0907. The molecule has 2 rings (SSSR count). The summed E-state index contributed by atoms with van der Waals surface area (Å²) in [5.41, 5.74) is 8.02. The van der Waals surface area contributed by atoms with Crippen molar-refractivity contribution in [1.82, 2.24) is 9.78 Å².